The molecule has 0 spiro atoms. The van der Waals surface area contributed by atoms with Crippen LogP contribution in [-0.2, 0) is 17.3 Å². The van der Waals surface area contributed by atoms with Crippen molar-refractivity contribution < 1.29 is 17.9 Å². The molecule has 1 fully saturated rings. The summed E-state index contributed by atoms with van der Waals surface area (Å²) in [5.74, 6) is 0. The van der Waals surface area contributed by atoms with E-state index in [4.69, 9.17) is 4.74 Å². The highest BCUT2D eigenvalue weighted by atomic mass is 32.1. The minimum Gasteiger partial charge on any atom is -0.375 e. The Labute approximate surface area is 95.4 Å². The van der Waals surface area contributed by atoms with Crippen LogP contribution in [0.1, 0.15) is 9.75 Å². The molecule has 2 heterocycles. The molecule has 0 unspecified atom stereocenters. The van der Waals surface area contributed by atoms with E-state index in [9.17, 15) is 13.2 Å². The predicted octanol–water partition coefficient (Wildman–Crippen LogP) is 2.30. The number of rotatable bonds is 3. The summed E-state index contributed by atoms with van der Waals surface area (Å²) in [6, 6.07) is 2.67. The van der Waals surface area contributed by atoms with E-state index in [1.165, 1.54) is 6.07 Å². The molecule has 0 atom stereocenters. The second-order valence-electron chi connectivity index (χ2n) is 3.93. The zero-order chi connectivity index (χ0) is 11.8. The van der Waals surface area contributed by atoms with Gasteiger partial charge in [-0.15, -0.1) is 11.3 Å². The number of hydrogen-bond acceptors (Lipinski definition) is 3. The molecule has 0 amide bonds. The van der Waals surface area contributed by atoms with Crippen LogP contribution in [0.3, 0.4) is 0 Å². The smallest absolute Gasteiger partial charge is 0.375 e. The molecular weight excluding hydrogens is 239 g/mol. The Morgan fingerprint density at radius 3 is 2.50 bits per heavy atom. The second kappa shape index (κ2) is 4.01. The average molecular weight is 251 g/mol. The van der Waals surface area contributed by atoms with Crippen LogP contribution >= 0.6 is 11.3 Å². The van der Waals surface area contributed by atoms with E-state index in [1.54, 1.807) is 7.11 Å². The van der Waals surface area contributed by atoms with Crippen LogP contribution in [-0.4, -0.2) is 25.8 Å². The number of nitrogens with one attached hydrogen (secondary N) is 1. The molecule has 0 aromatic carbocycles. The SMILES string of the molecule is COC1(Cc2ccc(C(F)(F)F)s2)CNC1. The number of hydrogen-bond donors (Lipinski definition) is 1. The van der Waals surface area contributed by atoms with E-state index >= 15 is 0 Å². The Hall–Kier alpha value is -0.590. The van der Waals surface area contributed by atoms with Gasteiger partial charge in [-0.1, -0.05) is 0 Å². The number of halogens is 3. The van der Waals surface area contributed by atoms with Gasteiger partial charge in [0.05, 0.1) is 5.60 Å². The van der Waals surface area contributed by atoms with Crippen LogP contribution in [0.2, 0.25) is 0 Å². The first kappa shape index (κ1) is 11.9. The molecule has 1 aliphatic rings. The van der Waals surface area contributed by atoms with Crippen molar-refractivity contribution in [3.63, 3.8) is 0 Å². The summed E-state index contributed by atoms with van der Waals surface area (Å²) in [6.07, 6.45) is -3.70. The average Bonchev–Trinajstić information content (AvgIpc) is 2.58. The third-order valence-corrected chi connectivity index (χ3v) is 3.89. The molecule has 1 saturated heterocycles. The molecule has 0 radical (unpaired) electrons. The number of alkyl halides is 3. The Morgan fingerprint density at radius 2 is 2.12 bits per heavy atom. The van der Waals surface area contributed by atoms with E-state index in [1.807, 2.05) is 0 Å². The molecule has 6 heteroatoms. The number of thiophene rings is 1. The van der Waals surface area contributed by atoms with Crippen molar-refractivity contribution in [1.29, 1.82) is 0 Å². The molecule has 1 aromatic heterocycles. The Bertz CT molecular complexity index is 365. The maximum atomic E-state index is 12.4. The monoisotopic (exact) mass is 251 g/mol. The third-order valence-electron chi connectivity index (χ3n) is 2.76. The van der Waals surface area contributed by atoms with Crippen LogP contribution in [0, 0.1) is 0 Å². The fraction of sp³-hybridized carbons (Fsp3) is 0.600. The van der Waals surface area contributed by atoms with Gasteiger partial charge in [-0.05, 0) is 12.1 Å². The van der Waals surface area contributed by atoms with Gasteiger partial charge >= 0.3 is 6.18 Å². The van der Waals surface area contributed by atoms with Crippen LogP contribution < -0.4 is 5.32 Å². The maximum absolute atomic E-state index is 12.4. The number of ether oxygens (including phenoxy) is 1. The molecule has 0 aliphatic carbocycles. The summed E-state index contributed by atoms with van der Waals surface area (Å²) in [7, 11) is 1.60. The third kappa shape index (κ3) is 2.23. The fourth-order valence-electron chi connectivity index (χ4n) is 1.69. The minimum atomic E-state index is -4.24. The van der Waals surface area contributed by atoms with E-state index in [0.29, 0.717) is 19.5 Å². The van der Waals surface area contributed by atoms with Crippen molar-refractivity contribution in [1.82, 2.24) is 5.32 Å². The van der Waals surface area contributed by atoms with Crippen molar-refractivity contribution in [2.75, 3.05) is 20.2 Å². The van der Waals surface area contributed by atoms with Gasteiger partial charge in [-0.25, -0.2) is 0 Å². The zero-order valence-electron chi connectivity index (χ0n) is 8.73. The van der Waals surface area contributed by atoms with Gasteiger partial charge in [-0.2, -0.15) is 13.2 Å². The number of methoxy groups -OCH3 is 1. The summed E-state index contributed by atoms with van der Waals surface area (Å²) >= 11 is 0.799. The van der Waals surface area contributed by atoms with Crippen molar-refractivity contribution in [3.05, 3.63) is 21.9 Å². The summed E-state index contributed by atoms with van der Waals surface area (Å²) in [5, 5.41) is 3.07. The molecule has 1 aliphatic heterocycles. The maximum Gasteiger partial charge on any atom is 0.425 e. The van der Waals surface area contributed by atoms with Gasteiger partial charge in [0.15, 0.2) is 0 Å². The lowest BCUT2D eigenvalue weighted by Crippen LogP contribution is -2.61. The first-order valence-electron chi connectivity index (χ1n) is 4.87. The Morgan fingerprint density at radius 1 is 1.44 bits per heavy atom. The molecule has 0 bridgehead atoms. The summed E-state index contributed by atoms with van der Waals surface area (Å²) in [6.45, 7) is 1.39. The first-order chi connectivity index (χ1) is 7.45. The van der Waals surface area contributed by atoms with Gasteiger partial charge in [0.2, 0.25) is 0 Å². The Kier molecular flexibility index (Phi) is 2.98. The van der Waals surface area contributed by atoms with Crippen LogP contribution in [0.15, 0.2) is 12.1 Å². The molecule has 0 saturated carbocycles. The normalized spacial score (nSPS) is 19.5. The topological polar surface area (TPSA) is 21.3 Å². The van der Waals surface area contributed by atoms with Crippen LogP contribution in [0.5, 0.6) is 0 Å². The summed E-state index contributed by atoms with van der Waals surface area (Å²) in [4.78, 5) is 0.178. The van der Waals surface area contributed by atoms with Gasteiger partial charge < -0.3 is 10.1 Å². The van der Waals surface area contributed by atoms with Gasteiger partial charge in [0.1, 0.15) is 4.88 Å². The van der Waals surface area contributed by atoms with Gasteiger partial charge in [0, 0.05) is 31.5 Å². The Balaban J connectivity index is 2.08. The molecule has 2 rings (SSSR count). The molecule has 90 valence electrons. The summed E-state index contributed by atoms with van der Waals surface area (Å²) in [5.41, 5.74) is -0.312. The van der Waals surface area contributed by atoms with Crippen molar-refractivity contribution in [3.8, 4) is 0 Å². The molecule has 2 nitrogen and oxygen atoms in total. The van der Waals surface area contributed by atoms with E-state index in [-0.39, 0.29) is 5.60 Å². The van der Waals surface area contributed by atoms with E-state index < -0.39 is 11.1 Å². The quantitative estimate of drug-likeness (QED) is 0.890. The highest BCUT2D eigenvalue weighted by Crippen LogP contribution is 2.36. The molecule has 1 N–H and O–H groups in total. The molecular formula is C10H12F3NOS. The van der Waals surface area contributed by atoms with Crippen molar-refractivity contribution in [2.24, 2.45) is 0 Å². The highest BCUT2D eigenvalue weighted by Gasteiger charge is 2.38. The zero-order valence-corrected chi connectivity index (χ0v) is 9.54. The lowest BCUT2D eigenvalue weighted by Gasteiger charge is -2.41. The fourth-order valence-corrected chi connectivity index (χ4v) is 2.69. The van der Waals surface area contributed by atoms with E-state index in [0.717, 1.165) is 22.3 Å². The minimum absolute atomic E-state index is 0.312. The van der Waals surface area contributed by atoms with Crippen LogP contribution in [0.4, 0.5) is 13.2 Å². The second-order valence-corrected chi connectivity index (χ2v) is 5.10. The van der Waals surface area contributed by atoms with Crippen molar-refractivity contribution in [2.45, 2.75) is 18.2 Å². The molecule has 1 aromatic rings. The molecule has 16 heavy (non-hydrogen) atoms. The van der Waals surface area contributed by atoms with Crippen molar-refractivity contribution >= 4 is 11.3 Å². The van der Waals surface area contributed by atoms with Gasteiger partial charge in [0.25, 0.3) is 0 Å². The summed E-state index contributed by atoms with van der Waals surface area (Å²) < 4.78 is 42.5. The standard InChI is InChI=1S/C10H12F3NOS/c1-15-9(5-14-6-9)4-7-2-3-8(16-7)10(11,12)13/h2-3,14H,4-6H2,1H3. The predicted molar refractivity (Wildman–Crippen MR) is 55.6 cm³/mol. The van der Waals surface area contributed by atoms with Gasteiger partial charge in [-0.3, -0.25) is 0 Å². The lowest BCUT2D eigenvalue weighted by molar-refractivity contribution is -0.134. The van der Waals surface area contributed by atoms with Crippen LogP contribution in [0.25, 0.3) is 0 Å². The largest absolute Gasteiger partial charge is 0.425 e. The lowest BCUT2D eigenvalue weighted by atomic mass is 9.92. The first-order valence-corrected chi connectivity index (χ1v) is 5.69. The highest BCUT2D eigenvalue weighted by molar-refractivity contribution is 7.12. The van der Waals surface area contributed by atoms with E-state index in [2.05, 4.69) is 5.32 Å².